The van der Waals surface area contributed by atoms with Gasteiger partial charge in [-0.3, -0.25) is 4.79 Å². The molecule has 0 aliphatic heterocycles. The quantitative estimate of drug-likeness (QED) is 0.488. The number of carbonyl (C=O) groups excluding carboxylic acids is 2. The number of hydrogen-bond donors (Lipinski definition) is 0. The van der Waals surface area contributed by atoms with Gasteiger partial charge in [-0.25, -0.2) is 4.79 Å². The van der Waals surface area contributed by atoms with Crippen LogP contribution in [0.1, 0.15) is 20.3 Å². The van der Waals surface area contributed by atoms with Gasteiger partial charge >= 0.3 is 11.9 Å². The van der Waals surface area contributed by atoms with Crippen LogP contribution in [0.5, 0.6) is 0 Å². The molecule has 0 aromatic rings. The first kappa shape index (κ1) is 14.9. The van der Waals surface area contributed by atoms with Gasteiger partial charge in [0, 0.05) is 13.1 Å². The van der Waals surface area contributed by atoms with E-state index in [0.29, 0.717) is 13.1 Å². The summed E-state index contributed by atoms with van der Waals surface area (Å²) in [5.74, 6) is -1.29. The largest absolute Gasteiger partial charge is 0.459 e. The fraction of sp³-hybridized carbons (Fsp3) is 0.818. The Morgan fingerprint density at radius 3 is 2.19 bits per heavy atom. The van der Waals surface area contributed by atoms with Gasteiger partial charge in [-0.2, -0.15) is 0 Å². The van der Waals surface area contributed by atoms with Crippen molar-refractivity contribution < 1.29 is 14.3 Å². The van der Waals surface area contributed by atoms with Crippen LogP contribution in [-0.2, 0) is 14.3 Å². The molecule has 0 N–H and O–H groups in total. The normalized spacial score (nSPS) is 10.3. The van der Waals surface area contributed by atoms with Crippen molar-refractivity contribution in [2.24, 2.45) is 0 Å². The number of carbonyl (C=O) groups is 2. The summed E-state index contributed by atoms with van der Waals surface area (Å²) in [6.45, 7) is 5.80. The summed E-state index contributed by atoms with van der Waals surface area (Å²) in [5, 5.41) is 0. The van der Waals surface area contributed by atoms with Gasteiger partial charge < -0.3 is 14.5 Å². The van der Waals surface area contributed by atoms with E-state index in [1.807, 2.05) is 25.9 Å². The van der Waals surface area contributed by atoms with Gasteiger partial charge in [0.25, 0.3) is 0 Å². The van der Waals surface area contributed by atoms with E-state index >= 15 is 0 Å². The maximum atomic E-state index is 11.6. The Bertz CT molecular complexity index is 229. The van der Waals surface area contributed by atoms with Crippen LogP contribution in [0, 0.1) is 0 Å². The predicted molar refractivity (Wildman–Crippen MR) is 62.1 cm³/mol. The topological polar surface area (TPSA) is 49.9 Å². The first-order valence-corrected chi connectivity index (χ1v) is 5.63. The minimum Gasteiger partial charge on any atom is -0.459 e. The molecule has 0 radical (unpaired) electrons. The molecule has 5 nitrogen and oxygen atoms in total. The molecule has 16 heavy (non-hydrogen) atoms. The highest BCUT2D eigenvalue weighted by Gasteiger charge is 2.21. The van der Waals surface area contributed by atoms with Crippen molar-refractivity contribution in [3.05, 3.63) is 0 Å². The molecule has 0 spiro atoms. The average Bonchev–Trinajstić information content (AvgIpc) is 2.23. The van der Waals surface area contributed by atoms with E-state index in [1.54, 1.807) is 6.92 Å². The predicted octanol–water partition coefficient (Wildman–Crippen LogP) is 0.350. The molecule has 0 atom stereocenters. The molecule has 0 rings (SSSR count). The molecule has 0 aromatic heterocycles. The third-order valence-electron chi connectivity index (χ3n) is 2.15. The first-order valence-electron chi connectivity index (χ1n) is 5.63. The maximum absolute atomic E-state index is 11.6. The van der Waals surface area contributed by atoms with Gasteiger partial charge in [-0.05, 0) is 40.9 Å². The Hall–Kier alpha value is -1.10. The molecule has 0 fully saturated rings. The second kappa shape index (κ2) is 8.10. The third-order valence-corrected chi connectivity index (χ3v) is 2.15. The number of rotatable bonds is 6. The molecule has 0 saturated heterocycles. The number of hydrogen-bond acceptors (Lipinski definition) is 4. The van der Waals surface area contributed by atoms with Crippen LogP contribution in [0.25, 0.3) is 0 Å². The van der Waals surface area contributed by atoms with Gasteiger partial charge in [0.1, 0.15) is 0 Å². The number of nitrogens with zero attached hydrogens (tertiary/aromatic N) is 2. The highest BCUT2D eigenvalue weighted by molar-refractivity contribution is 6.32. The summed E-state index contributed by atoms with van der Waals surface area (Å²) in [7, 11) is 3.95. The Kier molecular flexibility index (Phi) is 7.54. The van der Waals surface area contributed by atoms with E-state index in [-0.39, 0.29) is 6.61 Å². The van der Waals surface area contributed by atoms with Crippen LogP contribution in [0.2, 0.25) is 0 Å². The second-order valence-corrected chi connectivity index (χ2v) is 3.76. The van der Waals surface area contributed by atoms with Crippen LogP contribution in [0.3, 0.4) is 0 Å². The standard InChI is InChI=1S/C11H22N2O3/c1-5-13(9-7-8-12(3)4)10(14)11(15)16-6-2/h5-9H2,1-4H3. The SMILES string of the molecule is CCOC(=O)C(=O)N(CC)CCCN(C)C. The molecule has 0 bridgehead atoms. The molecule has 0 unspecified atom stereocenters. The zero-order chi connectivity index (χ0) is 12.6. The van der Waals surface area contributed by atoms with Gasteiger partial charge in [-0.1, -0.05) is 0 Å². The van der Waals surface area contributed by atoms with E-state index in [0.717, 1.165) is 13.0 Å². The molecular weight excluding hydrogens is 208 g/mol. The Labute approximate surface area is 97.3 Å². The fourth-order valence-corrected chi connectivity index (χ4v) is 1.30. The van der Waals surface area contributed by atoms with E-state index in [1.165, 1.54) is 4.90 Å². The van der Waals surface area contributed by atoms with Crippen molar-refractivity contribution in [3.8, 4) is 0 Å². The summed E-state index contributed by atoms with van der Waals surface area (Å²) in [4.78, 5) is 26.4. The monoisotopic (exact) mass is 230 g/mol. The number of likely N-dealkylation sites (N-methyl/N-ethyl adjacent to an activating group) is 1. The number of ether oxygens (including phenoxy) is 1. The zero-order valence-corrected chi connectivity index (χ0v) is 10.7. The van der Waals surface area contributed by atoms with Crippen LogP contribution in [0.15, 0.2) is 0 Å². The Morgan fingerprint density at radius 2 is 1.75 bits per heavy atom. The minimum atomic E-state index is -0.755. The Balaban J connectivity index is 4.06. The van der Waals surface area contributed by atoms with E-state index in [2.05, 4.69) is 4.74 Å². The summed E-state index contributed by atoms with van der Waals surface area (Å²) >= 11 is 0. The van der Waals surface area contributed by atoms with Crippen molar-refractivity contribution in [2.45, 2.75) is 20.3 Å². The van der Waals surface area contributed by atoms with Gasteiger partial charge in [0.2, 0.25) is 0 Å². The van der Waals surface area contributed by atoms with Crippen LogP contribution in [-0.4, -0.2) is 62.0 Å². The van der Waals surface area contributed by atoms with Crippen LogP contribution < -0.4 is 0 Å². The molecule has 0 aliphatic carbocycles. The lowest BCUT2D eigenvalue weighted by Crippen LogP contribution is -2.38. The first-order chi connectivity index (χ1) is 7.52. The minimum absolute atomic E-state index is 0.236. The molecule has 0 aromatic carbocycles. The molecule has 94 valence electrons. The molecule has 0 aliphatic rings. The molecule has 0 heterocycles. The summed E-state index contributed by atoms with van der Waals surface area (Å²) < 4.78 is 4.67. The third kappa shape index (κ3) is 5.70. The maximum Gasteiger partial charge on any atom is 0.397 e. The number of esters is 1. The lowest BCUT2D eigenvalue weighted by atomic mass is 10.3. The highest BCUT2D eigenvalue weighted by Crippen LogP contribution is 1.96. The molecular formula is C11H22N2O3. The second-order valence-electron chi connectivity index (χ2n) is 3.76. The lowest BCUT2D eigenvalue weighted by Gasteiger charge is -2.20. The van der Waals surface area contributed by atoms with E-state index < -0.39 is 11.9 Å². The lowest BCUT2D eigenvalue weighted by molar-refractivity contribution is -0.159. The summed E-state index contributed by atoms with van der Waals surface area (Å²) in [6.07, 6.45) is 0.853. The van der Waals surface area contributed by atoms with Crippen molar-refractivity contribution >= 4 is 11.9 Å². The fourth-order valence-electron chi connectivity index (χ4n) is 1.30. The van der Waals surface area contributed by atoms with Crippen molar-refractivity contribution in [1.82, 2.24) is 9.80 Å². The molecule has 0 saturated carbocycles. The van der Waals surface area contributed by atoms with E-state index in [4.69, 9.17) is 0 Å². The Morgan fingerprint density at radius 1 is 1.12 bits per heavy atom. The van der Waals surface area contributed by atoms with E-state index in [9.17, 15) is 9.59 Å². The van der Waals surface area contributed by atoms with Crippen molar-refractivity contribution in [2.75, 3.05) is 40.3 Å². The highest BCUT2D eigenvalue weighted by atomic mass is 16.5. The van der Waals surface area contributed by atoms with Gasteiger partial charge in [0.15, 0.2) is 0 Å². The smallest absolute Gasteiger partial charge is 0.397 e. The average molecular weight is 230 g/mol. The van der Waals surface area contributed by atoms with Gasteiger partial charge in [0.05, 0.1) is 6.61 Å². The van der Waals surface area contributed by atoms with Crippen LogP contribution >= 0.6 is 0 Å². The zero-order valence-electron chi connectivity index (χ0n) is 10.7. The summed E-state index contributed by atoms with van der Waals surface area (Å²) in [6, 6.07) is 0. The van der Waals surface area contributed by atoms with Gasteiger partial charge in [-0.15, -0.1) is 0 Å². The number of amides is 1. The molecule has 5 heteroatoms. The molecule has 1 amide bonds. The van der Waals surface area contributed by atoms with Crippen molar-refractivity contribution in [3.63, 3.8) is 0 Å². The van der Waals surface area contributed by atoms with Crippen LogP contribution in [0.4, 0.5) is 0 Å². The van der Waals surface area contributed by atoms with Crippen molar-refractivity contribution in [1.29, 1.82) is 0 Å². The summed E-state index contributed by atoms with van der Waals surface area (Å²) in [5.41, 5.74) is 0.